The number of rotatable bonds is 7. The van der Waals surface area contributed by atoms with E-state index in [4.69, 9.17) is 4.74 Å². The van der Waals surface area contributed by atoms with Crippen LogP contribution in [0.4, 0.5) is 0 Å². The average Bonchev–Trinajstić information content (AvgIpc) is 3.34. The summed E-state index contributed by atoms with van der Waals surface area (Å²) in [4.78, 5) is 15.7. The molecule has 4 heteroatoms. The topological polar surface area (TPSA) is 43.6 Å². The standard InChI is InChI=1S/C24H28N2O2/c1-17-13-19(8-9-23(17)20-5-3-4-6-20)16-28-22-11-12-26-21(14-22)15-25-24(26)10-7-18(2)27/h8-9,11-15,20H,3-7,10,16H2,1-2H3. The minimum atomic E-state index is 0.186. The first-order chi connectivity index (χ1) is 13.6. The normalized spacial score (nSPS) is 14.6. The number of aryl methyl sites for hydroxylation is 2. The van der Waals surface area contributed by atoms with Crippen molar-refractivity contribution >= 4 is 11.3 Å². The summed E-state index contributed by atoms with van der Waals surface area (Å²) in [6.07, 6.45) is 10.4. The number of ether oxygens (including phenoxy) is 1. The summed E-state index contributed by atoms with van der Waals surface area (Å²) < 4.78 is 8.06. The summed E-state index contributed by atoms with van der Waals surface area (Å²) >= 11 is 0. The van der Waals surface area contributed by atoms with Crippen LogP contribution in [0, 0.1) is 6.92 Å². The maximum atomic E-state index is 11.2. The molecule has 0 saturated heterocycles. The Labute approximate surface area is 166 Å². The van der Waals surface area contributed by atoms with Crippen molar-refractivity contribution < 1.29 is 9.53 Å². The molecule has 1 aliphatic rings. The van der Waals surface area contributed by atoms with Crippen molar-refractivity contribution in [2.24, 2.45) is 0 Å². The number of pyridine rings is 1. The second kappa shape index (κ2) is 8.17. The van der Waals surface area contributed by atoms with Gasteiger partial charge in [-0.1, -0.05) is 31.0 Å². The van der Waals surface area contributed by atoms with E-state index in [0.717, 1.165) is 23.0 Å². The van der Waals surface area contributed by atoms with Crippen LogP contribution in [-0.2, 0) is 17.8 Å². The molecule has 0 atom stereocenters. The van der Waals surface area contributed by atoms with Gasteiger partial charge in [-0.25, -0.2) is 4.98 Å². The molecule has 0 N–H and O–H groups in total. The van der Waals surface area contributed by atoms with Crippen LogP contribution in [-0.4, -0.2) is 15.2 Å². The molecule has 2 heterocycles. The van der Waals surface area contributed by atoms with E-state index in [1.807, 2.05) is 28.9 Å². The number of imidazole rings is 1. The van der Waals surface area contributed by atoms with E-state index in [0.29, 0.717) is 19.4 Å². The molecule has 3 aromatic rings. The van der Waals surface area contributed by atoms with Gasteiger partial charge in [0.15, 0.2) is 0 Å². The van der Waals surface area contributed by atoms with Crippen molar-refractivity contribution in [1.82, 2.24) is 9.38 Å². The van der Waals surface area contributed by atoms with Crippen LogP contribution >= 0.6 is 0 Å². The van der Waals surface area contributed by atoms with Crippen LogP contribution in [0.1, 0.15) is 67.5 Å². The SMILES string of the molecule is CC(=O)CCc1ncc2cc(OCc3ccc(C4CCCC4)c(C)c3)ccn12. The molecule has 1 aromatic carbocycles. The summed E-state index contributed by atoms with van der Waals surface area (Å²) in [5.74, 6) is 2.68. The van der Waals surface area contributed by atoms with Crippen LogP contribution in [0.3, 0.4) is 0 Å². The van der Waals surface area contributed by atoms with Crippen molar-refractivity contribution in [3.05, 3.63) is 65.2 Å². The van der Waals surface area contributed by atoms with Crippen LogP contribution < -0.4 is 4.74 Å². The molecule has 0 spiro atoms. The van der Waals surface area contributed by atoms with Crippen LogP contribution in [0.25, 0.3) is 5.52 Å². The van der Waals surface area contributed by atoms with Crippen LogP contribution in [0.2, 0.25) is 0 Å². The predicted octanol–water partition coefficient (Wildman–Crippen LogP) is 5.40. The zero-order chi connectivity index (χ0) is 19.5. The molecule has 0 bridgehead atoms. The number of benzene rings is 1. The summed E-state index contributed by atoms with van der Waals surface area (Å²) in [6, 6.07) is 10.7. The fourth-order valence-electron chi connectivity index (χ4n) is 4.29. The van der Waals surface area contributed by atoms with Crippen LogP contribution in [0.5, 0.6) is 5.75 Å². The molecule has 0 aliphatic heterocycles. The third-order valence-electron chi connectivity index (χ3n) is 5.82. The van der Waals surface area contributed by atoms with Crippen molar-refractivity contribution in [2.45, 2.75) is 64.9 Å². The van der Waals surface area contributed by atoms with Gasteiger partial charge in [-0.05, 0) is 55.4 Å². The number of carbonyl (C=O) groups is 1. The van der Waals surface area contributed by atoms with Crippen molar-refractivity contribution in [1.29, 1.82) is 0 Å². The van der Waals surface area contributed by atoms with Crippen LogP contribution in [0.15, 0.2) is 42.7 Å². The summed E-state index contributed by atoms with van der Waals surface area (Å²) in [5.41, 5.74) is 5.09. The lowest BCUT2D eigenvalue weighted by molar-refractivity contribution is -0.117. The summed E-state index contributed by atoms with van der Waals surface area (Å²) in [5, 5.41) is 0. The maximum absolute atomic E-state index is 11.2. The van der Waals surface area contributed by atoms with E-state index < -0.39 is 0 Å². The molecule has 4 nitrogen and oxygen atoms in total. The first kappa shape index (κ1) is 18.7. The number of hydrogen-bond donors (Lipinski definition) is 0. The van der Waals surface area contributed by atoms with Gasteiger partial charge in [-0.15, -0.1) is 0 Å². The molecule has 0 unspecified atom stereocenters. The zero-order valence-electron chi connectivity index (χ0n) is 16.8. The van der Waals surface area contributed by atoms with Gasteiger partial charge >= 0.3 is 0 Å². The number of hydrogen-bond acceptors (Lipinski definition) is 3. The second-order valence-corrected chi connectivity index (χ2v) is 7.99. The largest absolute Gasteiger partial charge is 0.489 e. The smallest absolute Gasteiger partial charge is 0.130 e. The van der Waals surface area contributed by atoms with Crippen molar-refractivity contribution in [3.8, 4) is 5.75 Å². The lowest BCUT2D eigenvalue weighted by Crippen LogP contribution is -2.01. The van der Waals surface area contributed by atoms with E-state index in [2.05, 4.69) is 30.1 Å². The Balaban J connectivity index is 1.42. The first-order valence-corrected chi connectivity index (χ1v) is 10.3. The highest BCUT2D eigenvalue weighted by Crippen LogP contribution is 2.35. The highest BCUT2D eigenvalue weighted by Gasteiger charge is 2.18. The van der Waals surface area contributed by atoms with Gasteiger partial charge < -0.3 is 13.9 Å². The molecule has 1 saturated carbocycles. The van der Waals surface area contributed by atoms with Crippen molar-refractivity contribution in [2.75, 3.05) is 0 Å². The molecular weight excluding hydrogens is 348 g/mol. The molecule has 2 aromatic heterocycles. The predicted molar refractivity (Wildman–Crippen MR) is 111 cm³/mol. The molecule has 4 rings (SSSR count). The number of aromatic nitrogens is 2. The third kappa shape index (κ3) is 4.11. The van der Waals surface area contributed by atoms with Gasteiger partial charge in [-0.3, -0.25) is 0 Å². The summed E-state index contributed by atoms with van der Waals surface area (Å²) in [7, 11) is 0. The Kier molecular flexibility index (Phi) is 5.47. The number of carbonyl (C=O) groups excluding carboxylic acids is 1. The number of Topliss-reactive ketones (excluding diaryl/α,β-unsaturated/α-hetero) is 1. The second-order valence-electron chi connectivity index (χ2n) is 7.99. The molecule has 28 heavy (non-hydrogen) atoms. The van der Waals surface area contributed by atoms with E-state index in [-0.39, 0.29) is 5.78 Å². The lowest BCUT2D eigenvalue weighted by Gasteiger charge is -2.15. The summed E-state index contributed by atoms with van der Waals surface area (Å²) in [6.45, 7) is 4.40. The minimum absolute atomic E-state index is 0.186. The highest BCUT2D eigenvalue weighted by molar-refractivity contribution is 5.75. The molecule has 1 fully saturated rings. The molecular formula is C24H28N2O2. The third-order valence-corrected chi connectivity index (χ3v) is 5.82. The molecule has 0 radical (unpaired) electrons. The lowest BCUT2D eigenvalue weighted by atomic mass is 9.92. The Bertz CT molecular complexity index is 983. The minimum Gasteiger partial charge on any atom is -0.489 e. The van der Waals surface area contributed by atoms with Gasteiger partial charge in [0.1, 0.15) is 24.0 Å². The molecule has 1 aliphatic carbocycles. The van der Waals surface area contributed by atoms with E-state index >= 15 is 0 Å². The Morgan fingerprint density at radius 1 is 1.21 bits per heavy atom. The number of nitrogens with zero attached hydrogens (tertiary/aromatic N) is 2. The Morgan fingerprint density at radius 2 is 2.04 bits per heavy atom. The van der Waals surface area contributed by atoms with E-state index in [1.54, 1.807) is 6.92 Å². The maximum Gasteiger partial charge on any atom is 0.130 e. The van der Waals surface area contributed by atoms with E-state index in [9.17, 15) is 4.79 Å². The quantitative estimate of drug-likeness (QED) is 0.554. The Hall–Kier alpha value is -2.62. The van der Waals surface area contributed by atoms with E-state index in [1.165, 1.54) is 42.4 Å². The molecule has 0 amide bonds. The highest BCUT2D eigenvalue weighted by atomic mass is 16.5. The average molecular weight is 377 g/mol. The van der Waals surface area contributed by atoms with Crippen molar-refractivity contribution in [3.63, 3.8) is 0 Å². The van der Waals surface area contributed by atoms with Gasteiger partial charge in [0.25, 0.3) is 0 Å². The fraction of sp³-hybridized carbons (Fsp3) is 0.417. The Morgan fingerprint density at radius 3 is 2.79 bits per heavy atom. The molecule has 146 valence electrons. The van der Waals surface area contributed by atoms with Gasteiger partial charge in [0.05, 0.1) is 11.7 Å². The van der Waals surface area contributed by atoms with Gasteiger partial charge in [0, 0.05) is 25.1 Å². The fourth-order valence-corrected chi connectivity index (χ4v) is 4.29. The van der Waals surface area contributed by atoms with Gasteiger partial charge in [-0.2, -0.15) is 0 Å². The zero-order valence-corrected chi connectivity index (χ0v) is 16.8. The number of fused-ring (bicyclic) bond motifs is 1. The number of ketones is 1. The first-order valence-electron chi connectivity index (χ1n) is 10.3. The monoisotopic (exact) mass is 376 g/mol. The van der Waals surface area contributed by atoms with Gasteiger partial charge in [0.2, 0.25) is 0 Å².